The minimum absolute atomic E-state index is 0. The van der Waals surface area contributed by atoms with Crippen LogP contribution < -0.4 is 4.74 Å². The van der Waals surface area contributed by atoms with E-state index in [2.05, 4.69) is 131 Å². The molecule has 256 valence electrons. The van der Waals surface area contributed by atoms with Crippen molar-refractivity contribution in [3.8, 4) is 34.1 Å². The van der Waals surface area contributed by atoms with E-state index in [1.807, 2.05) is 30.5 Å². The summed E-state index contributed by atoms with van der Waals surface area (Å²) in [6.07, 6.45) is 4.64. The third kappa shape index (κ3) is 6.81. The number of fused-ring (bicyclic) bond motifs is 3. The molecule has 50 heavy (non-hydrogen) atoms. The van der Waals surface area contributed by atoms with Crippen molar-refractivity contribution < 1.29 is 25.8 Å². The third-order valence-electron chi connectivity index (χ3n) is 9.34. The topological polar surface area (TPSA) is 44.9 Å². The second kappa shape index (κ2) is 14.0. The van der Waals surface area contributed by atoms with Crippen molar-refractivity contribution in [1.29, 1.82) is 0 Å². The number of benzene rings is 4. The normalized spacial score (nSPS) is 11.7. The van der Waals surface area contributed by atoms with Gasteiger partial charge in [0.15, 0.2) is 0 Å². The van der Waals surface area contributed by atoms with E-state index in [0.29, 0.717) is 11.5 Å². The van der Waals surface area contributed by atoms with Gasteiger partial charge in [-0.25, -0.2) is 4.98 Å². The van der Waals surface area contributed by atoms with Gasteiger partial charge in [-0.2, -0.15) is 17.2 Å². The molecule has 0 spiro atoms. The Labute approximate surface area is 310 Å². The molecule has 0 saturated carbocycles. The zero-order valence-corrected chi connectivity index (χ0v) is 32.5. The van der Waals surface area contributed by atoms with Crippen LogP contribution in [0.1, 0.15) is 67.8 Å². The molecule has 7 aromatic rings. The monoisotopic (exact) mass is 839 g/mol. The molecule has 5 nitrogen and oxygen atoms in total. The van der Waals surface area contributed by atoms with E-state index < -0.39 is 0 Å². The number of nitrogens with zero attached hydrogens (tertiary/aromatic N) is 4. The molecule has 0 N–H and O–H groups in total. The van der Waals surface area contributed by atoms with Crippen molar-refractivity contribution in [3.63, 3.8) is 0 Å². The first-order valence-corrected chi connectivity index (χ1v) is 17.3. The Bertz CT molecular complexity index is 2320. The number of hydrogen-bond acceptors (Lipinski definition) is 3. The second-order valence-electron chi connectivity index (χ2n) is 14.5. The molecule has 0 amide bonds. The predicted molar refractivity (Wildman–Crippen MR) is 201 cm³/mol. The van der Waals surface area contributed by atoms with Gasteiger partial charge in [0.05, 0.1) is 11.4 Å². The number of ether oxygens (including phenoxy) is 1. The van der Waals surface area contributed by atoms with Gasteiger partial charge in [-0.15, -0.1) is 35.7 Å². The van der Waals surface area contributed by atoms with Crippen LogP contribution in [-0.2, 0) is 33.9 Å². The molecule has 0 saturated heterocycles. The van der Waals surface area contributed by atoms with Gasteiger partial charge in [-0.05, 0) is 103 Å². The predicted octanol–water partition coefficient (Wildman–Crippen LogP) is 11.2. The minimum Gasteiger partial charge on any atom is -0.509 e. The first kappa shape index (κ1) is 35.4. The van der Waals surface area contributed by atoms with Crippen LogP contribution in [0, 0.1) is 45.2 Å². The molecule has 0 aliphatic rings. The number of para-hydroxylation sites is 1. The maximum absolute atomic E-state index is 6.53. The summed E-state index contributed by atoms with van der Waals surface area (Å²) in [4.78, 5) is 4.72. The van der Waals surface area contributed by atoms with E-state index in [0.717, 1.165) is 63.8 Å². The molecule has 0 aliphatic heterocycles. The van der Waals surface area contributed by atoms with Crippen LogP contribution >= 0.6 is 0 Å². The summed E-state index contributed by atoms with van der Waals surface area (Å²) in [5.74, 6) is 2.09. The van der Waals surface area contributed by atoms with E-state index in [1.54, 1.807) is 0 Å². The van der Waals surface area contributed by atoms with Crippen molar-refractivity contribution in [2.24, 2.45) is 5.41 Å². The van der Waals surface area contributed by atoms with E-state index in [-0.39, 0.29) is 26.5 Å². The molecule has 7 rings (SSSR count). The van der Waals surface area contributed by atoms with Crippen LogP contribution in [-0.4, -0.2) is 19.3 Å². The Kier molecular flexibility index (Phi) is 9.93. The molecule has 3 aromatic heterocycles. The molecule has 0 atom stereocenters. The van der Waals surface area contributed by atoms with Crippen molar-refractivity contribution in [1.82, 2.24) is 19.3 Å². The summed E-state index contributed by atoms with van der Waals surface area (Å²) >= 11 is 0. The van der Waals surface area contributed by atoms with Crippen LogP contribution in [0.15, 0.2) is 85.1 Å². The average Bonchev–Trinajstić information content (AvgIpc) is 3.57. The first-order valence-electron chi connectivity index (χ1n) is 17.3. The first-order chi connectivity index (χ1) is 23.5. The van der Waals surface area contributed by atoms with Crippen molar-refractivity contribution in [2.45, 2.75) is 74.7 Å². The zero-order chi connectivity index (χ0) is 34.4. The summed E-state index contributed by atoms with van der Waals surface area (Å²) in [5.41, 5.74) is 12.8. The molecule has 0 unspecified atom stereocenters. The Morgan fingerprint density at radius 1 is 0.800 bits per heavy atom. The fourth-order valence-corrected chi connectivity index (χ4v) is 6.85. The van der Waals surface area contributed by atoms with Gasteiger partial charge >= 0.3 is 21.1 Å². The molecular weight excluding hydrogens is 796 g/mol. The summed E-state index contributed by atoms with van der Waals surface area (Å²) < 4.78 is 10.8. The molecule has 0 radical (unpaired) electrons. The average molecular weight is 840 g/mol. The van der Waals surface area contributed by atoms with Gasteiger partial charge in [-0.1, -0.05) is 70.0 Å². The van der Waals surface area contributed by atoms with Crippen molar-refractivity contribution >= 4 is 21.8 Å². The van der Waals surface area contributed by atoms with E-state index in [9.17, 15) is 0 Å². The van der Waals surface area contributed by atoms with Gasteiger partial charge in [0.2, 0.25) is 0 Å². The largest absolute Gasteiger partial charge is 2.00 e. The van der Waals surface area contributed by atoms with Gasteiger partial charge in [0.1, 0.15) is 5.82 Å². The molecular formula is C44H44N4OPt. The summed E-state index contributed by atoms with van der Waals surface area (Å²) in [7, 11) is 0. The smallest absolute Gasteiger partial charge is 0.509 e. The SMILES string of the molecule is CCCc1nn(-c2[c-]c(Oc3[c-]c4c(cc3)c3ccccc3n4-c3cc(C)ccn3)ccc2)c(CC(C)(C)C)c1-c1cc(C)c(C)c(C)c1.[Pt+2]. The fraction of sp³-hybridized carbons (Fsp3) is 0.273. The molecule has 6 heteroatoms. The van der Waals surface area contributed by atoms with E-state index >= 15 is 0 Å². The zero-order valence-electron chi connectivity index (χ0n) is 30.2. The number of rotatable bonds is 8. The Morgan fingerprint density at radius 2 is 1.54 bits per heavy atom. The van der Waals surface area contributed by atoms with Gasteiger partial charge in [0.25, 0.3) is 0 Å². The van der Waals surface area contributed by atoms with Crippen molar-refractivity contribution in [3.05, 3.63) is 131 Å². The minimum atomic E-state index is 0. The summed E-state index contributed by atoms with van der Waals surface area (Å²) in [5, 5.41) is 7.54. The van der Waals surface area contributed by atoms with Gasteiger partial charge in [0, 0.05) is 28.8 Å². The van der Waals surface area contributed by atoms with E-state index in [4.69, 9.17) is 14.8 Å². The molecule has 3 heterocycles. The number of pyridine rings is 1. The van der Waals surface area contributed by atoms with E-state index in [1.165, 1.54) is 33.5 Å². The maximum atomic E-state index is 6.53. The van der Waals surface area contributed by atoms with Crippen LogP contribution in [0.4, 0.5) is 0 Å². The summed E-state index contributed by atoms with van der Waals surface area (Å²) in [6.45, 7) is 17.8. The van der Waals surface area contributed by atoms with Crippen LogP contribution in [0.5, 0.6) is 11.5 Å². The third-order valence-corrected chi connectivity index (χ3v) is 9.34. The van der Waals surface area contributed by atoms with Crippen molar-refractivity contribution in [2.75, 3.05) is 0 Å². The van der Waals surface area contributed by atoms with Crippen LogP contribution in [0.25, 0.3) is 44.4 Å². The molecule has 0 aliphatic carbocycles. The van der Waals surface area contributed by atoms with Crippen LogP contribution in [0.3, 0.4) is 0 Å². The quantitative estimate of drug-likeness (QED) is 0.143. The number of hydrogen-bond donors (Lipinski definition) is 0. The fourth-order valence-electron chi connectivity index (χ4n) is 6.85. The Morgan fingerprint density at radius 3 is 2.26 bits per heavy atom. The van der Waals surface area contributed by atoms with Gasteiger partial charge < -0.3 is 9.30 Å². The Hall–Kier alpha value is -4.47. The number of aryl methyl sites for hydroxylation is 4. The second-order valence-corrected chi connectivity index (χ2v) is 14.5. The molecule has 0 fully saturated rings. The maximum Gasteiger partial charge on any atom is 2.00 e. The van der Waals surface area contributed by atoms with Gasteiger partial charge in [-0.3, -0.25) is 4.68 Å². The Balaban J connectivity index is 0.00000432. The number of aromatic nitrogens is 4. The standard InChI is InChI=1S/C44H44N4O.Pt/c1-9-13-38-43(32-23-29(3)31(5)30(4)24-32)41(27-44(6,7)8)48(46-38)33-14-12-15-34(25-33)49-35-18-19-37-36-16-10-11-17-39(36)47(40(37)26-35)42-22-28(2)20-21-45-42;/h10-12,14-24H,9,13,27H2,1-8H3;/q-2;+2. The summed E-state index contributed by atoms with van der Waals surface area (Å²) in [6, 6.07) is 34.5. The molecule has 4 aromatic carbocycles. The molecule has 0 bridgehead atoms. The van der Waals surface area contributed by atoms with Crippen LogP contribution in [0.2, 0.25) is 0 Å².